The Hall–Kier alpha value is -0.220. The van der Waals surface area contributed by atoms with E-state index in [9.17, 15) is 4.79 Å². The lowest BCUT2D eigenvalue weighted by Gasteiger charge is -1.96. The molecule has 0 rings (SSSR count). The summed E-state index contributed by atoms with van der Waals surface area (Å²) in [6.07, 6.45) is 0. The number of thiol groups is 1. The first-order valence-electron chi connectivity index (χ1n) is 1.77. The summed E-state index contributed by atoms with van der Waals surface area (Å²) < 4.78 is 0. The normalized spacial score (nSPS) is 13.4. The molecule has 0 aromatic rings. The summed E-state index contributed by atoms with van der Waals surface area (Å²) in [6, 6.07) is -0.816. The van der Waals surface area contributed by atoms with Crippen molar-refractivity contribution in [3.63, 3.8) is 0 Å². The third-order valence-electron chi connectivity index (χ3n) is 0.514. The van der Waals surface area contributed by atoms with Crippen LogP contribution in [0, 0.1) is 0 Å². The second-order valence-corrected chi connectivity index (χ2v) is 1.49. The average molecular weight is 121 g/mol. The maximum Gasteiger partial charge on any atom is 0.321 e. The van der Waals surface area contributed by atoms with E-state index >= 15 is 0 Å². The van der Waals surface area contributed by atoms with Crippen LogP contribution in [-0.2, 0) is 4.79 Å². The Kier molecular flexibility index (Phi) is 2.78. The number of nitrogens with two attached hydrogens (primary N) is 1. The fourth-order valence-electron chi connectivity index (χ4n) is 0.0781. The minimum atomic E-state index is -1.00. The van der Waals surface area contributed by atoms with Gasteiger partial charge in [0.1, 0.15) is 6.04 Å². The molecule has 0 saturated carbocycles. The smallest absolute Gasteiger partial charge is 0.321 e. The Bertz CT molecular complexity index is 75.3. The highest BCUT2D eigenvalue weighted by Gasteiger charge is 2.06. The lowest BCUT2D eigenvalue weighted by molar-refractivity contribution is -0.137. The summed E-state index contributed by atoms with van der Waals surface area (Å²) in [5.41, 5.74) is 4.94. The van der Waals surface area contributed by atoms with Crippen LogP contribution in [0.1, 0.15) is 0 Å². The monoisotopic (exact) mass is 121 g/mol. The molecule has 0 heterocycles. The molecule has 42 valence electrons. The second-order valence-electron chi connectivity index (χ2n) is 1.13. The van der Waals surface area contributed by atoms with Gasteiger partial charge in [0.05, 0.1) is 0 Å². The van der Waals surface area contributed by atoms with Crippen molar-refractivity contribution in [3.05, 3.63) is 0 Å². The number of carboxylic acid groups (broad SMARTS) is 1. The summed E-state index contributed by atoms with van der Waals surface area (Å²) in [4.78, 5) is 9.76. The first kappa shape index (κ1) is 6.78. The SMILES string of the molecule is N[C@@H](C[32SH])C(=O)O. The highest BCUT2D eigenvalue weighted by atomic mass is 32.0. The van der Waals surface area contributed by atoms with E-state index in [2.05, 4.69) is 12.6 Å². The predicted octanol–water partition coefficient (Wildman–Crippen LogP) is -0.672. The lowest BCUT2D eigenvalue weighted by Crippen LogP contribution is -2.31. The van der Waals surface area contributed by atoms with Gasteiger partial charge in [-0.2, -0.15) is 12.6 Å². The van der Waals surface area contributed by atoms with Gasteiger partial charge in [-0.15, -0.1) is 0 Å². The molecule has 3 nitrogen and oxygen atoms in total. The van der Waals surface area contributed by atoms with Crippen molar-refractivity contribution in [2.24, 2.45) is 5.73 Å². The molecular weight excluding hydrogens is 114 g/mol. The average Bonchev–Trinajstić information content (AvgIpc) is 1.65. The zero-order valence-corrected chi connectivity index (χ0v) is 4.56. The minimum Gasteiger partial charge on any atom is -0.480 e. The Morgan fingerprint density at radius 2 is 2.43 bits per heavy atom. The second kappa shape index (κ2) is 2.87. The Morgan fingerprint density at radius 1 is 2.00 bits per heavy atom. The van der Waals surface area contributed by atoms with Crippen molar-refractivity contribution in [1.82, 2.24) is 0 Å². The number of aliphatic carboxylic acids is 1. The van der Waals surface area contributed by atoms with Crippen molar-refractivity contribution >= 4 is 18.6 Å². The predicted molar refractivity (Wildman–Crippen MR) is 29.5 cm³/mol. The van der Waals surface area contributed by atoms with Crippen LogP contribution in [0.5, 0.6) is 0 Å². The van der Waals surface area contributed by atoms with Crippen LogP contribution < -0.4 is 5.73 Å². The van der Waals surface area contributed by atoms with Crippen LogP contribution in [0.15, 0.2) is 0 Å². The van der Waals surface area contributed by atoms with E-state index in [4.69, 9.17) is 10.8 Å². The Labute approximate surface area is 46.9 Å². The molecule has 0 aliphatic carbocycles. The molecule has 0 radical (unpaired) electrons. The highest BCUT2D eigenvalue weighted by molar-refractivity contribution is 7.80. The van der Waals surface area contributed by atoms with Crippen LogP contribution in [0.25, 0.3) is 0 Å². The third-order valence-corrected chi connectivity index (χ3v) is 0.907. The van der Waals surface area contributed by atoms with Crippen LogP contribution in [0.3, 0.4) is 0 Å². The molecule has 0 unspecified atom stereocenters. The quantitative estimate of drug-likeness (QED) is 0.424. The third kappa shape index (κ3) is 2.47. The largest absolute Gasteiger partial charge is 0.480 e. The van der Waals surface area contributed by atoms with E-state index in [-0.39, 0.29) is 5.75 Å². The van der Waals surface area contributed by atoms with Crippen LogP contribution >= 0.6 is 12.6 Å². The first-order chi connectivity index (χ1) is 3.18. The minimum absolute atomic E-state index is 0.190. The van der Waals surface area contributed by atoms with Gasteiger partial charge in [-0.05, 0) is 0 Å². The molecule has 0 bridgehead atoms. The molecule has 4 heteroatoms. The summed E-state index contributed by atoms with van der Waals surface area (Å²) >= 11 is 3.65. The molecule has 7 heavy (non-hydrogen) atoms. The fraction of sp³-hybridized carbons (Fsp3) is 0.667. The van der Waals surface area contributed by atoms with Crippen LogP contribution in [0.4, 0.5) is 0 Å². The van der Waals surface area contributed by atoms with Gasteiger partial charge >= 0.3 is 5.97 Å². The van der Waals surface area contributed by atoms with Gasteiger partial charge in [-0.3, -0.25) is 4.79 Å². The van der Waals surface area contributed by atoms with Gasteiger partial charge in [-0.25, -0.2) is 0 Å². The van der Waals surface area contributed by atoms with Crippen LogP contribution in [-0.4, -0.2) is 22.9 Å². The zero-order chi connectivity index (χ0) is 5.86. The van der Waals surface area contributed by atoms with Crippen molar-refractivity contribution in [2.45, 2.75) is 6.04 Å². The zero-order valence-electron chi connectivity index (χ0n) is 3.66. The number of rotatable bonds is 2. The van der Waals surface area contributed by atoms with Gasteiger partial charge in [0.25, 0.3) is 0 Å². The maximum absolute atomic E-state index is 9.76. The molecule has 0 aliphatic rings. The fourth-order valence-corrected chi connectivity index (χ4v) is 0.234. The number of carboxylic acids is 1. The van der Waals surface area contributed by atoms with E-state index < -0.39 is 12.0 Å². The van der Waals surface area contributed by atoms with Crippen molar-refractivity contribution < 1.29 is 9.90 Å². The van der Waals surface area contributed by atoms with E-state index in [0.717, 1.165) is 0 Å². The molecule has 0 fully saturated rings. The van der Waals surface area contributed by atoms with Crippen molar-refractivity contribution in [2.75, 3.05) is 5.75 Å². The van der Waals surface area contributed by atoms with Gasteiger partial charge in [0, 0.05) is 5.75 Å². The number of hydrogen-bond acceptors (Lipinski definition) is 3. The van der Waals surface area contributed by atoms with Crippen molar-refractivity contribution in [1.29, 1.82) is 0 Å². The molecule has 0 aromatic heterocycles. The van der Waals surface area contributed by atoms with Gasteiger partial charge in [-0.1, -0.05) is 0 Å². The molecule has 0 aliphatic heterocycles. The number of carbonyl (C=O) groups is 1. The van der Waals surface area contributed by atoms with Gasteiger partial charge in [0.2, 0.25) is 0 Å². The summed E-state index contributed by atoms with van der Waals surface area (Å²) in [7, 11) is 0. The summed E-state index contributed by atoms with van der Waals surface area (Å²) in [6.45, 7) is 0. The van der Waals surface area contributed by atoms with E-state index in [1.54, 1.807) is 0 Å². The molecule has 3 N–H and O–H groups in total. The summed E-state index contributed by atoms with van der Waals surface area (Å²) in [5.74, 6) is -0.815. The van der Waals surface area contributed by atoms with Gasteiger partial charge < -0.3 is 10.8 Å². The van der Waals surface area contributed by atoms with Crippen molar-refractivity contribution in [3.8, 4) is 0 Å². The summed E-state index contributed by atoms with van der Waals surface area (Å²) in [5, 5.41) is 8.01. The molecule has 0 spiro atoms. The molecule has 0 aromatic carbocycles. The molecule has 1 atom stereocenters. The van der Waals surface area contributed by atoms with Gasteiger partial charge in [0.15, 0.2) is 0 Å². The van der Waals surface area contributed by atoms with Crippen LogP contribution in [0.2, 0.25) is 0 Å². The van der Waals surface area contributed by atoms with E-state index in [1.807, 2.05) is 0 Å². The Balaban J connectivity index is 3.34. The maximum atomic E-state index is 9.76. The first-order valence-corrected chi connectivity index (χ1v) is 2.41. The standard InChI is InChI=1S/C3H7NO2S/c4-2(1-7)3(5)6/h2,7H,1,4H2,(H,5,6)/t2-/m0/s1/i7+0. The topological polar surface area (TPSA) is 63.3 Å². The van der Waals surface area contributed by atoms with E-state index in [1.165, 1.54) is 0 Å². The Morgan fingerprint density at radius 3 is 2.43 bits per heavy atom. The molecule has 0 amide bonds. The highest BCUT2D eigenvalue weighted by Crippen LogP contribution is 1.80. The van der Waals surface area contributed by atoms with E-state index in [0.29, 0.717) is 0 Å². The number of hydrogen-bond donors (Lipinski definition) is 3. The lowest BCUT2D eigenvalue weighted by atomic mass is 10.4. The molecular formula is C3H7NO2S. The molecule has 0 saturated heterocycles.